The van der Waals surface area contributed by atoms with Crippen LogP contribution in [0.25, 0.3) is 5.57 Å². The minimum Gasteiger partial charge on any atom is -0.327 e. The minimum absolute atomic E-state index is 0.00805. The summed E-state index contributed by atoms with van der Waals surface area (Å²) in [6.07, 6.45) is 5.40. The molecule has 31 heavy (non-hydrogen) atoms. The number of carbonyl (C=O) groups is 1. The van der Waals surface area contributed by atoms with Gasteiger partial charge in [0.1, 0.15) is 5.82 Å². The number of rotatable bonds is 2. The third kappa shape index (κ3) is 3.39. The first-order chi connectivity index (χ1) is 14.8. The number of aryl methyl sites for hydroxylation is 1. The van der Waals surface area contributed by atoms with E-state index in [4.69, 9.17) is 33.2 Å². The maximum absolute atomic E-state index is 14.3. The Bertz CT molecular complexity index is 1120. The molecular formula is C22H22Cl2FN5O. The van der Waals surface area contributed by atoms with Crippen molar-refractivity contribution in [1.82, 2.24) is 25.3 Å². The number of hydrazine groups is 1. The third-order valence-corrected chi connectivity index (χ3v) is 6.98. The molecule has 6 nitrogen and oxygen atoms in total. The average Bonchev–Trinajstić information content (AvgIpc) is 3.18. The number of aromatic nitrogens is 2. The highest BCUT2D eigenvalue weighted by atomic mass is 35.5. The smallest absolute Gasteiger partial charge is 0.256 e. The SMILES string of the molecule is Cc1nc(C2=CN(C)NC2)c2c(n1)[C@H]1CCC[C@@H](C2)N1C(=O)c1ccc(Cl)c(F)c1Cl. The van der Waals surface area contributed by atoms with Gasteiger partial charge in [-0.1, -0.05) is 23.2 Å². The van der Waals surface area contributed by atoms with E-state index < -0.39 is 5.82 Å². The normalized spacial score (nSPS) is 22.4. The zero-order chi connectivity index (χ0) is 21.9. The summed E-state index contributed by atoms with van der Waals surface area (Å²) in [5.41, 5.74) is 7.48. The number of benzene rings is 1. The first kappa shape index (κ1) is 20.7. The van der Waals surface area contributed by atoms with E-state index in [2.05, 4.69) is 5.43 Å². The van der Waals surface area contributed by atoms with Crippen molar-refractivity contribution >= 4 is 34.7 Å². The van der Waals surface area contributed by atoms with Crippen molar-refractivity contribution in [3.8, 4) is 0 Å². The van der Waals surface area contributed by atoms with Crippen LogP contribution in [-0.2, 0) is 6.42 Å². The second-order valence-corrected chi connectivity index (χ2v) is 9.11. The molecule has 1 saturated heterocycles. The van der Waals surface area contributed by atoms with E-state index >= 15 is 0 Å². The highest BCUT2D eigenvalue weighted by molar-refractivity contribution is 6.37. The van der Waals surface area contributed by atoms with Gasteiger partial charge in [-0.3, -0.25) is 4.79 Å². The Labute approximate surface area is 190 Å². The standard InChI is InChI=1S/C22H22Cl2FN5O/c1-11-27-20(12-9-26-29(2)10-12)15-8-13-4-3-5-17(21(15)28-11)30(13)22(31)14-6-7-16(23)19(25)18(14)24/h6-7,10,13,17,26H,3-5,8-9H2,1-2H3/t13-,17+/m0/s1. The number of fused-ring (bicyclic) bond motifs is 4. The molecule has 162 valence electrons. The van der Waals surface area contributed by atoms with Crippen LogP contribution in [-0.4, -0.2) is 45.4 Å². The monoisotopic (exact) mass is 461 g/mol. The summed E-state index contributed by atoms with van der Waals surface area (Å²) in [6, 6.07) is 2.69. The lowest BCUT2D eigenvalue weighted by Crippen LogP contribution is -2.50. The molecule has 2 bridgehead atoms. The third-order valence-electron chi connectivity index (χ3n) is 6.32. The molecule has 0 unspecified atom stereocenters. The lowest BCUT2D eigenvalue weighted by atomic mass is 9.80. The van der Waals surface area contributed by atoms with Crippen molar-refractivity contribution in [2.45, 2.75) is 44.7 Å². The Balaban J connectivity index is 1.59. The highest BCUT2D eigenvalue weighted by Crippen LogP contribution is 2.44. The molecule has 0 aliphatic carbocycles. The van der Waals surface area contributed by atoms with E-state index in [9.17, 15) is 9.18 Å². The number of hydrogen-bond acceptors (Lipinski definition) is 5. The molecule has 1 amide bonds. The summed E-state index contributed by atoms with van der Waals surface area (Å²) < 4.78 is 14.3. The van der Waals surface area contributed by atoms with E-state index in [0.29, 0.717) is 18.8 Å². The molecule has 3 aliphatic rings. The molecular weight excluding hydrogens is 440 g/mol. The van der Waals surface area contributed by atoms with Crippen LogP contribution in [0.15, 0.2) is 18.3 Å². The van der Waals surface area contributed by atoms with Crippen LogP contribution in [0, 0.1) is 12.7 Å². The van der Waals surface area contributed by atoms with Gasteiger partial charge >= 0.3 is 0 Å². The number of halogens is 3. The van der Waals surface area contributed by atoms with E-state index in [1.165, 1.54) is 12.1 Å². The van der Waals surface area contributed by atoms with Crippen molar-refractivity contribution in [3.63, 3.8) is 0 Å². The fourth-order valence-electron chi connectivity index (χ4n) is 4.96. The molecule has 5 rings (SSSR count). The van der Waals surface area contributed by atoms with Gasteiger partial charge in [0.05, 0.1) is 33.0 Å². The first-order valence-electron chi connectivity index (χ1n) is 10.4. The highest BCUT2D eigenvalue weighted by Gasteiger charge is 2.43. The topological polar surface area (TPSA) is 61.4 Å². The summed E-state index contributed by atoms with van der Waals surface area (Å²) >= 11 is 12.0. The molecule has 0 radical (unpaired) electrons. The van der Waals surface area contributed by atoms with Crippen molar-refractivity contribution < 1.29 is 9.18 Å². The van der Waals surface area contributed by atoms with Crippen molar-refractivity contribution in [2.24, 2.45) is 0 Å². The molecule has 2 atom stereocenters. The second kappa shape index (κ2) is 7.73. The van der Waals surface area contributed by atoms with Gasteiger partial charge in [0.15, 0.2) is 5.82 Å². The fourth-order valence-corrected chi connectivity index (χ4v) is 5.41. The Morgan fingerprint density at radius 1 is 1.26 bits per heavy atom. The van der Waals surface area contributed by atoms with Gasteiger partial charge in [0.25, 0.3) is 5.91 Å². The predicted octanol–water partition coefficient (Wildman–Crippen LogP) is 4.31. The van der Waals surface area contributed by atoms with Gasteiger partial charge < -0.3 is 9.91 Å². The van der Waals surface area contributed by atoms with Gasteiger partial charge in [-0.05, 0) is 44.7 Å². The summed E-state index contributed by atoms with van der Waals surface area (Å²) in [7, 11) is 1.96. The molecule has 0 saturated carbocycles. The number of amides is 1. The largest absolute Gasteiger partial charge is 0.327 e. The Hall–Kier alpha value is -2.22. The summed E-state index contributed by atoms with van der Waals surface area (Å²) in [5, 5.41) is 1.60. The average molecular weight is 462 g/mol. The van der Waals surface area contributed by atoms with E-state index in [-0.39, 0.29) is 33.6 Å². The number of nitrogens with one attached hydrogen (secondary N) is 1. The van der Waals surface area contributed by atoms with Crippen LogP contribution in [0.5, 0.6) is 0 Å². The van der Waals surface area contributed by atoms with Crippen LogP contribution in [0.1, 0.15) is 58.4 Å². The van der Waals surface area contributed by atoms with Gasteiger partial charge in [0.2, 0.25) is 0 Å². The van der Waals surface area contributed by atoms with E-state index in [1.54, 1.807) is 0 Å². The van der Waals surface area contributed by atoms with Crippen LogP contribution in [0.3, 0.4) is 0 Å². The Kier molecular flexibility index (Phi) is 5.15. The van der Waals surface area contributed by atoms with Crippen LogP contribution in [0.2, 0.25) is 10.0 Å². The molecule has 1 aromatic heterocycles. The minimum atomic E-state index is -0.762. The zero-order valence-corrected chi connectivity index (χ0v) is 18.8. The lowest BCUT2D eigenvalue weighted by molar-refractivity contribution is 0.0387. The van der Waals surface area contributed by atoms with Gasteiger partial charge in [-0.25, -0.2) is 19.8 Å². The molecule has 1 fully saturated rings. The molecule has 1 N–H and O–H groups in total. The molecule has 2 aromatic rings. The van der Waals surface area contributed by atoms with Gasteiger partial charge in [-0.15, -0.1) is 0 Å². The first-order valence-corrected chi connectivity index (χ1v) is 11.1. The molecule has 9 heteroatoms. The van der Waals surface area contributed by atoms with E-state index in [0.717, 1.165) is 41.8 Å². The number of carbonyl (C=O) groups excluding carboxylic acids is 1. The van der Waals surface area contributed by atoms with Gasteiger partial charge in [0, 0.05) is 37.0 Å². The van der Waals surface area contributed by atoms with Crippen molar-refractivity contribution in [3.05, 3.63) is 62.5 Å². The summed E-state index contributed by atoms with van der Waals surface area (Å²) in [5.74, 6) is -0.363. The molecule has 3 aliphatic heterocycles. The number of piperidine rings is 1. The predicted molar refractivity (Wildman–Crippen MR) is 117 cm³/mol. The maximum Gasteiger partial charge on any atom is 0.256 e. The second-order valence-electron chi connectivity index (χ2n) is 8.32. The Morgan fingerprint density at radius 3 is 2.81 bits per heavy atom. The van der Waals surface area contributed by atoms with Crippen LogP contribution in [0.4, 0.5) is 4.39 Å². The molecule has 0 spiro atoms. The maximum atomic E-state index is 14.3. The van der Waals surface area contributed by atoms with Crippen LogP contribution >= 0.6 is 23.2 Å². The van der Waals surface area contributed by atoms with Crippen molar-refractivity contribution in [2.75, 3.05) is 13.6 Å². The quantitative estimate of drug-likeness (QED) is 0.674. The van der Waals surface area contributed by atoms with Crippen LogP contribution < -0.4 is 5.43 Å². The fraction of sp³-hybridized carbons (Fsp3) is 0.409. The van der Waals surface area contributed by atoms with Gasteiger partial charge in [-0.2, -0.15) is 0 Å². The number of hydrogen-bond donors (Lipinski definition) is 1. The summed E-state index contributed by atoms with van der Waals surface area (Å²) in [6.45, 7) is 2.58. The molecule has 4 heterocycles. The Morgan fingerprint density at radius 2 is 2.06 bits per heavy atom. The van der Waals surface area contributed by atoms with E-state index in [1.807, 2.05) is 30.1 Å². The lowest BCUT2D eigenvalue weighted by Gasteiger charge is -2.46. The molecule has 1 aromatic carbocycles. The summed E-state index contributed by atoms with van der Waals surface area (Å²) in [4.78, 5) is 24.9. The number of nitrogens with zero attached hydrogens (tertiary/aromatic N) is 4. The zero-order valence-electron chi connectivity index (χ0n) is 17.3. The van der Waals surface area contributed by atoms with Crippen molar-refractivity contribution in [1.29, 1.82) is 0 Å².